The van der Waals surface area contributed by atoms with Crippen LogP contribution in [0.4, 0.5) is 0 Å². The molecule has 1 aromatic carbocycles. The van der Waals surface area contributed by atoms with Gasteiger partial charge in [-0.3, -0.25) is 14.6 Å². The summed E-state index contributed by atoms with van der Waals surface area (Å²) in [5.41, 5.74) is 4.41. The fourth-order valence-electron chi connectivity index (χ4n) is 2.53. The number of nitrogens with zero attached hydrogens (tertiary/aromatic N) is 4. The number of benzene rings is 1. The quantitative estimate of drug-likeness (QED) is 0.797. The number of hydrogen-bond donors (Lipinski definition) is 1. The molecule has 0 fully saturated rings. The Morgan fingerprint density at radius 3 is 2.81 bits per heavy atom. The summed E-state index contributed by atoms with van der Waals surface area (Å²) >= 11 is 0. The number of aliphatic hydroxyl groups is 1. The molecule has 1 unspecified atom stereocenters. The molecule has 1 atom stereocenters. The molecule has 2 aromatic heterocycles. The van der Waals surface area contributed by atoms with Crippen molar-refractivity contribution in [2.75, 3.05) is 0 Å². The number of rotatable bonds is 4. The van der Waals surface area contributed by atoms with E-state index in [0.717, 1.165) is 34.4 Å². The van der Waals surface area contributed by atoms with Crippen LogP contribution in [0.1, 0.15) is 30.0 Å². The fourth-order valence-corrected chi connectivity index (χ4v) is 2.53. The van der Waals surface area contributed by atoms with E-state index in [1.807, 2.05) is 36.0 Å². The smallest absolute Gasteiger partial charge is 0.0944 e. The molecule has 0 aliphatic carbocycles. The van der Waals surface area contributed by atoms with Crippen LogP contribution in [0.3, 0.4) is 0 Å². The van der Waals surface area contributed by atoms with Gasteiger partial charge in [0.15, 0.2) is 0 Å². The maximum absolute atomic E-state index is 10.6. The van der Waals surface area contributed by atoms with Crippen molar-refractivity contribution in [1.29, 1.82) is 0 Å². The first-order chi connectivity index (χ1) is 10.2. The van der Waals surface area contributed by atoms with Crippen molar-refractivity contribution in [1.82, 2.24) is 19.7 Å². The van der Waals surface area contributed by atoms with Crippen LogP contribution < -0.4 is 0 Å². The predicted octanol–water partition coefficient (Wildman–Crippen LogP) is 2.20. The first kappa shape index (κ1) is 13.7. The minimum Gasteiger partial charge on any atom is -0.388 e. The number of hydrogen-bond acceptors (Lipinski definition) is 4. The molecule has 3 aromatic rings. The van der Waals surface area contributed by atoms with Crippen molar-refractivity contribution in [2.45, 2.75) is 25.9 Å². The van der Waals surface area contributed by atoms with Gasteiger partial charge in [-0.25, -0.2) is 0 Å². The van der Waals surface area contributed by atoms with Crippen molar-refractivity contribution in [3.8, 4) is 0 Å². The highest BCUT2D eigenvalue weighted by Crippen LogP contribution is 2.24. The van der Waals surface area contributed by atoms with E-state index in [9.17, 15) is 5.11 Å². The van der Waals surface area contributed by atoms with Gasteiger partial charge in [0.05, 0.1) is 22.8 Å². The van der Waals surface area contributed by atoms with Crippen molar-refractivity contribution >= 4 is 11.0 Å². The monoisotopic (exact) mass is 282 g/mol. The molecule has 0 aliphatic rings. The van der Waals surface area contributed by atoms with Gasteiger partial charge in [-0.2, -0.15) is 5.10 Å². The normalized spacial score (nSPS) is 12.7. The summed E-state index contributed by atoms with van der Waals surface area (Å²) in [6.07, 6.45) is 4.10. The lowest BCUT2D eigenvalue weighted by molar-refractivity contribution is 0.177. The summed E-state index contributed by atoms with van der Waals surface area (Å²) in [6, 6.07) is 7.74. The van der Waals surface area contributed by atoms with Crippen LogP contribution >= 0.6 is 0 Å². The summed E-state index contributed by atoms with van der Waals surface area (Å²) in [4.78, 5) is 8.62. The maximum atomic E-state index is 10.6. The van der Waals surface area contributed by atoms with Crippen molar-refractivity contribution in [3.63, 3.8) is 0 Å². The zero-order chi connectivity index (χ0) is 14.8. The number of aliphatic hydroxyl groups excluding tert-OH is 1. The molecule has 0 spiro atoms. The van der Waals surface area contributed by atoms with Crippen molar-refractivity contribution in [2.24, 2.45) is 7.05 Å². The van der Waals surface area contributed by atoms with Gasteiger partial charge in [0.1, 0.15) is 0 Å². The van der Waals surface area contributed by atoms with E-state index in [4.69, 9.17) is 0 Å². The highest BCUT2D eigenvalue weighted by atomic mass is 16.3. The zero-order valence-electron chi connectivity index (χ0n) is 12.2. The molecule has 21 heavy (non-hydrogen) atoms. The molecule has 0 saturated carbocycles. The second-order valence-electron chi connectivity index (χ2n) is 5.10. The van der Waals surface area contributed by atoms with E-state index in [1.54, 1.807) is 12.4 Å². The lowest BCUT2D eigenvalue weighted by Gasteiger charge is -2.12. The summed E-state index contributed by atoms with van der Waals surface area (Å²) in [6.45, 7) is 2.07. The largest absolute Gasteiger partial charge is 0.388 e. The van der Waals surface area contributed by atoms with Crippen LogP contribution in [0, 0.1) is 0 Å². The van der Waals surface area contributed by atoms with Crippen LogP contribution in [0.15, 0.2) is 36.7 Å². The molecule has 0 saturated heterocycles. The zero-order valence-corrected chi connectivity index (χ0v) is 12.2. The Morgan fingerprint density at radius 2 is 2.05 bits per heavy atom. The molecule has 0 radical (unpaired) electrons. The maximum Gasteiger partial charge on any atom is 0.0944 e. The third kappa shape index (κ3) is 2.64. The van der Waals surface area contributed by atoms with Crippen LogP contribution in [0.25, 0.3) is 11.0 Å². The standard InChI is InChI=1S/C16H18N4O/c1-3-11-9-12(20(2)19-11)10-15(21)13-5-4-6-14-16(13)18-8-7-17-14/h4-9,15,21H,3,10H2,1-2H3. The lowest BCUT2D eigenvalue weighted by Crippen LogP contribution is -2.07. The lowest BCUT2D eigenvalue weighted by atomic mass is 10.0. The molecule has 0 bridgehead atoms. The highest BCUT2D eigenvalue weighted by molar-refractivity contribution is 5.77. The number of para-hydroxylation sites is 1. The molecule has 5 heteroatoms. The minimum absolute atomic E-state index is 0.513. The number of aromatic nitrogens is 4. The molecular formula is C16H18N4O. The van der Waals surface area contributed by atoms with E-state index in [1.165, 1.54) is 0 Å². The summed E-state index contributed by atoms with van der Waals surface area (Å²) in [5, 5.41) is 15.0. The summed E-state index contributed by atoms with van der Waals surface area (Å²) in [7, 11) is 1.91. The van der Waals surface area contributed by atoms with Crippen LogP contribution in [0.5, 0.6) is 0 Å². The third-order valence-corrected chi connectivity index (χ3v) is 3.68. The van der Waals surface area contributed by atoms with E-state index in [0.29, 0.717) is 6.42 Å². The summed E-state index contributed by atoms with van der Waals surface area (Å²) < 4.78 is 1.83. The second kappa shape index (κ2) is 5.61. The molecule has 5 nitrogen and oxygen atoms in total. The average molecular weight is 282 g/mol. The molecule has 1 N–H and O–H groups in total. The minimum atomic E-state index is -0.620. The summed E-state index contributed by atoms with van der Waals surface area (Å²) in [5.74, 6) is 0. The Morgan fingerprint density at radius 1 is 1.24 bits per heavy atom. The predicted molar refractivity (Wildman–Crippen MR) is 80.8 cm³/mol. The van der Waals surface area contributed by atoms with Gasteiger partial charge in [0.25, 0.3) is 0 Å². The van der Waals surface area contributed by atoms with Crippen molar-refractivity contribution < 1.29 is 5.11 Å². The number of aryl methyl sites for hydroxylation is 2. The third-order valence-electron chi connectivity index (χ3n) is 3.68. The Labute approximate surface area is 123 Å². The van der Waals surface area contributed by atoms with Crippen molar-refractivity contribution in [3.05, 3.63) is 53.6 Å². The Hall–Kier alpha value is -2.27. The van der Waals surface area contributed by atoms with E-state index >= 15 is 0 Å². The first-order valence-electron chi connectivity index (χ1n) is 7.08. The Kier molecular flexibility index (Phi) is 3.66. The average Bonchev–Trinajstić information content (AvgIpc) is 2.87. The van der Waals surface area contributed by atoms with Gasteiger partial charge in [-0.1, -0.05) is 19.1 Å². The van der Waals surface area contributed by atoms with E-state index in [2.05, 4.69) is 22.0 Å². The molecular weight excluding hydrogens is 264 g/mol. The first-order valence-corrected chi connectivity index (χ1v) is 7.08. The van der Waals surface area contributed by atoms with Gasteiger partial charge in [0, 0.05) is 37.1 Å². The molecule has 108 valence electrons. The molecule has 3 rings (SSSR count). The van der Waals surface area contributed by atoms with Crippen LogP contribution in [0.2, 0.25) is 0 Å². The molecule has 0 aliphatic heterocycles. The second-order valence-corrected chi connectivity index (χ2v) is 5.10. The van der Waals surface area contributed by atoms with Gasteiger partial charge >= 0.3 is 0 Å². The van der Waals surface area contributed by atoms with Gasteiger partial charge in [-0.15, -0.1) is 0 Å². The van der Waals surface area contributed by atoms with E-state index in [-0.39, 0.29) is 0 Å². The Bertz CT molecular complexity index is 761. The topological polar surface area (TPSA) is 63.8 Å². The highest BCUT2D eigenvalue weighted by Gasteiger charge is 2.15. The fraction of sp³-hybridized carbons (Fsp3) is 0.312. The van der Waals surface area contributed by atoms with Gasteiger partial charge in [0.2, 0.25) is 0 Å². The van der Waals surface area contributed by atoms with Crippen LogP contribution in [-0.2, 0) is 19.9 Å². The Balaban J connectivity index is 1.93. The van der Waals surface area contributed by atoms with E-state index < -0.39 is 6.10 Å². The molecule has 2 heterocycles. The van der Waals surface area contributed by atoms with Gasteiger partial charge in [-0.05, 0) is 18.6 Å². The molecule has 0 amide bonds. The van der Waals surface area contributed by atoms with Crippen LogP contribution in [-0.4, -0.2) is 24.9 Å². The SMILES string of the molecule is CCc1cc(CC(O)c2cccc3nccnc23)n(C)n1. The number of fused-ring (bicyclic) bond motifs is 1. The van der Waals surface area contributed by atoms with Gasteiger partial charge < -0.3 is 5.11 Å².